The molecule has 0 unspecified atom stereocenters. The van der Waals surface area contributed by atoms with Crippen LogP contribution in [0.15, 0.2) is 35.4 Å². The van der Waals surface area contributed by atoms with E-state index in [4.69, 9.17) is 16.3 Å². The summed E-state index contributed by atoms with van der Waals surface area (Å²) in [4.78, 5) is 4.03. The molecule has 0 N–H and O–H groups in total. The lowest BCUT2D eigenvalue weighted by Crippen LogP contribution is -2.39. The molecule has 112 valence electrons. The van der Waals surface area contributed by atoms with Crippen LogP contribution >= 0.6 is 11.6 Å². The minimum atomic E-state index is -4.10. The predicted octanol–water partition coefficient (Wildman–Crippen LogP) is 3.14. The van der Waals surface area contributed by atoms with Gasteiger partial charge in [-0.25, -0.2) is 12.8 Å². The molecule has 1 aromatic heterocycles. The van der Waals surface area contributed by atoms with E-state index in [1.165, 1.54) is 24.4 Å². The number of alkyl halides is 1. The van der Waals surface area contributed by atoms with Crippen LogP contribution in [0.4, 0.5) is 4.39 Å². The van der Waals surface area contributed by atoms with Crippen molar-refractivity contribution in [1.29, 1.82) is 0 Å². The number of sulfone groups is 1. The van der Waals surface area contributed by atoms with Gasteiger partial charge in [0.05, 0.1) is 28.6 Å². The molecule has 2 heterocycles. The molecule has 1 aliphatic rings. The number of pyridine rings is 1. The van der Waals surface area contributed by atoms with E-state index in [-0.39, 0.29) is 31.0 Å². The second kappa shape index (κ2) is 5.19. The lowest BCUT2D eigenvalue weighted by Gasteiger charge is -2.29. The van der Waals surface area contributed by atoms with E-state index in [0.29, 0.717) is 15.9 Å². The standard InChI is InChI=1S/C14H13ClFNO3S/c15-12-3-6-17-13-2-1-10(9-11(12)13)21(18,19)14(16)4-7-20-8-5-14/h1-3,6,9H,4-5,7-8H2. The fourth-order valence-electron chi connectivity index (χ4n) is 2.42. The Morgan fingerprint density at radius 1 is 1.24 bits per heavy atom. The van der Waals surface area contributed by atoms with Gasteiger partial charge in [0.15, 0.2) is 0 Å². The molecule has 1 fully saturated rings. The van der Waals surface area contributed by atoms with Gasteiger partial charge in [-0.15, -0.1) is 0 Å². The Hall–Kier alpha value is -1.24. The van der Waals surface area contributed by atoms with Gasteiger partial charge in [0.25, 0.3) is 0 Å². The maximum Gasteiger partial charge on any atom is 0.219 e. The predicted molar refractivity (Wildman–Crippen MR) is 77.8 cm³/mol. The SMILES string of the molecule is O=S(=O)(c1ccc2nccc(Cl)c2c1)C1(F)CCOCC1. The van der Waals surface area contributed by atoms with Gasteiger partial charge in [-0.05, 0) is 24.3 Å². The van der Waals surface area contributed by atoms with Crippen molar-refractivity contribution in [3.05, 3.63) is 35.5 Å². The molecular weight excluding hydrogens is 317 g/mol. The van der Waals surface area contributed by atoms with Crippen LogP contribution in [-0.2, 0) is 14.6 Å². The number of hydrogen-bond donors (Lipinski definition) is 0. The third-order valence-electron chi connectivity index (χ3n) is 3.69. The summed E-state index contributed by atoms with van der Waals surface area (Å²) in [5, 5.41) is -1.40. The van der Waals surface area contributed by atoms with Gasteiger partial charge in [-0.3, -0.25) is 4.98 Å². The number of rotatable bonds is 2. The van der Waals surface area contributed by atoms with Crippen molar-refractivity contribution in [2.45, 2.75) is 22.7 Å². The Labute approximate surface area is 126 Å². The number of nitrogens with zero attached hydrogens (tertiary/aromatic N) is 1. The fourth-order valence-corrected chi connectivity index (χ4v) is 4.27. The van der Waals surface area contributed by atoms with E-state index in [0.717, 1.165) is 0 Å². The fraction of sp³-hybridized carbons (Fsp3) is 0.357. The Bertz CT molecular complexity index is 788. The van der Waals surface area contributed by atoms with Gasteiger partial charge in [0.2, 0.25) is 14.8 Å². The van der Waals surface area contributed by atoms with Gasteiger partial charge >= 0.3 is 0 Å². The Kier molecular flexibility index (Phi) is 3.63. The van der Waals surface area contributed by atoms with E-state index >= 15 is 0 Å². The second-order valence-corrected chi connectivity index (χ2v) is 7.59. The zero-order chi connectivity index (χ0) is 15.1. The number of halogens is 2. The topological polar surface area (TPSA) is 56.3 Å². The first-order valence-corrected chi connectivity index (χ1v) is 8.36. The van der Waals surface area contributed by atoms with E-state index in [9.17, 15) is 12.8 Å². The van der Waals surface area contributed by atoms with Gasteiger partial charge in [0, 0.05) is 24.4 Å². The average Bonchev–Trinajstić information content (AvgIpc) is 2.48. The summed E-state index contributed by atoms with van der Waals surface area (Å²) in [6, 6.07) is 5.87. The molecule has 0 aliphatic carbocycles. The summed E-state index contributed by atoms with van der Waals surface area (Å²) in [5.41, 5.74) is 0.571. The highest BCUT2D eigenvalue weighted by atomic mass is 35.5. The molecule has 1 aromatic carbocycles. The first-order chi connectivity index (χ1) is 9.94. The molecule has 0 atom stereocenters. The zero-order valence-corrected chi connectivity index (χ0v) is 12.6. The molecule has 0 spiro atoms. The van der Waals surface area contributed by atoms with Crippen molar-refractivity contribution in [2.75, 3.05) is 13.2 Å². The molecular formula is C14H13ClFNO3S. The van der Waals surface area contributed by atoms with E-state index in [2.05, 4.69) is 4.98 Å². The van der Waals surface area contributed by atoms with Crippen LogP contribution in [0.2, 0.25) is 5.02 Å². The number of aromatic nitrogens is 1. The van der Waals surface area contributed by atoms with Crippen LogP contribution in [-0.4, -0.2) is 31.6 Å². The van der Waals surface area contributed by atoms with Crippen molar-refractivity contribution in [1.82, 2.24) is 4.98 Å². The molecule has 3 rings (SSSR count). The maximum atomic E-state index is 14.8. The second-order valence-electron chi connectivity index (χ2n) is 4.97. The van der Waals surface area contributed by atoms with Crippen LogP contribution in [0.1, 0.15) is 12.8 Å². The summed E-state index contributed by atoms with van der Waals surface area (Å²) in [5.74, 6) is 0. The Morgan fingerprint density at radius 2 is 1.95 bits per heavy atom. The van der Waals surface area contributed by atoms with Crippen LogP contribution in [0.5, 0.6) is 0 Å². The average molecular weight is 330 g/mol. The highest BCUT2D eigenvalue weighted by Crippen LogP contribution is 2.37. The van der Waals surface area contributed by atoms with Gasteiger partial charge in [-0.1, -0.05) is 11.6 Å². The molecule has 1 saturated heterocycles. The maximum absolute atomic E-state index is 14.8. The molecule has 1 aliphatic heterocycles. The lowest BCUT2D eigenvalue weighted by molar-refractivity contribution is 0.0323. The van der Waals surface area contributed by atoms with Crippen molar-refractivity contribution in [2.24, 2.45) is 0 Å². The van der Waals surface area contributed by atoms with Crippen molar-refractivity contribution in [3.63, 3.8) is 0 Å². The highest BCUT2D eigenvalue weighted by molar-refractivity contribution is 7.92. The molecule has 0 bridgehead atoms. The molecule has 21 heavy (non-hydrogen) atoms. The van der Waals surface area contributed by atoms with Gasteiger partial charge in [-0.2, -0.15) is 0 Å². The minimum Gasteiger partial charge on any atom is -0.381 e. The summed E-state index contributed by atoms with van der Waals surface area (Å²) in [7, 11) is -4.10. The summed E-state index contributed by atoms with van der Waals surface area (Å²) in [6.45, 7) is 0.206. The molecule has 2 aromatic rings. The number of fused-ring (bicyclic) bond motifs is 1. The number of hydrogen-bond acceptors (Lipinski definition) is 4. The zero-order valence-electron chi connectivity index (χ0n) is 11.1. The Morgan fingerprint density at radius 3 is 2.67 bits per heavy atom. The van der Waals surface area contributed by atoms with Crippen LogP contribution in [0, 0.1) is 0 Å². The van der Waals surface area contributed by atoms with E-state index in [1.807, 2.05) is 0 Å². The van der Waals surface area contributed by atoms with Crippen LogP contribution in [0.3, 0.4) is 0 Å². The third kappa shape index (κ3) is 2.41. The molecule has 4 nitrogen and oxygen atoms in total. The highest BCUT2D eigenvalue weighted by Gasteiger charge is 2.46. The van der Waals surface area contributed by atoms with Gasteiger partial charge in [0.1, 0.15) is 0 Å². The summed E-state index contributed by atoms with van der Waals surface area (Å²) >= 11 is 6.05. The quantitative estimate of drug-likeness (QED) is 0.849. The monoisotopic (exact) mass is 329 g/mol. The third-order valence-corrected chi connectivity index (χ3v) is 6.27. The molecule has 0 radical (unpaired) electrons. The summed E-state index contributed by atoms with van der Waals surface area (Å²) in [6.07, 6.45) is 1.22. The van der Waals surface area contributed by atoms with Crippen LogP contribution < -0.4 is 0 Å². The van der Waals surface area contributed by atoms with Crippen LogP contribution in [0.25, 0.3) is 10.9 Å². The largest absolute Gasteiger partial charge is 0.381 e. The van der Waals surface area contributed by atoms with E-state index in [1.54, 1.807) is 6.07 Å². The molecule has 7 heteroatoms. The van der Waals surface area contributed by atoms with Crippen molar-refractivity contribution >= 4 is 32.3 Å². The smallest absolute Gasteiger partial charge is 0.219 e. The minimum absolute atomic E-state index is 0.0747. The van der Waals surface area contributed by atoms with Gasteiger partial charge < -0.3 is 4.74 Å². The van der Waals surface area contributed by atoms with E-state index < -0.39 is 14.8 Å². The first kappa shape index (κ1) is 14.7. The molecule has 0 saturated carbocycles. The lowest BCUT2D eigenvalue weighted by atomic mass is 10.2. The van der Waals surface area contributed by atoms with Crippen molar-refractivity contribution in [3.8, 4) is 0 Å². The Balaban J connectivity index is 2.13. The van der Waals surface area contributed by atoms with Crippen molar-refractivity contribution < 1.29 is 17.5 Å². The number of benzene rings is 1. The molecule has 0 amide bonds. The first-order valence-electron chi connectivity index (χ1n) is 6.50. The number of ether oxygens (including phenoxy) is 1. The normalized spacial score (nSPS) is 18.8. The summed E-state index contributed by atoms with van der Waals surface area (Å²) < 4.78 is 45.0.